The van der Waals surface area contributed by atoms with Crippen LogP contribution in [0.5, 0.6) is 11.6 Å². The third kappa shape index (κ3) is 3.46. The maximum atomic E-state index is 10.6. The van der Waals surface area contributed by atoms with Gasteiger partial charge in [0.2, 0.25) is 5.88 Å². The predicted octanol–water partition coefficient (Wildman–Crippen LogP) is 3.37. The molecule has 1 unspecified atom stereocenters. The molecule has 0 aliphatic carbocycles. The molecule has 5 heteroatoms. The van der Waals surface area contributed by atoms with Gasteiger partial charge in [0.05, 0.1) is 6.10 Å². The maximum Gasteiger partial charge on any atom is 0.224 e. The van der Waals surface area contributed by atoms with E-state index in [-0.39, 0.29) is 0 Å². The molecule has 1 aliphatic rings. The van der Waals surface area contributed by atoms with Gasteiger partial charge in [-0.1, -0.05) is 42.5 Å². The minimum Gasteiger partial charge on any atom is -0.439 e. The summed E-state index contributed by atoms with van der Waals surface area (Å²) in [4.78, 5) is 10.6. The summed E-state index contributed by atoms with van der Waals surface area (Å²) in [6.45, 7) is 1.29. The lowest BCUT2D eigenvalue weighted by Gasteiger charge is -2.23. The van der Waals surface area contributed by atoms with Gasteiger partial charge in [-0.05, 0) is 29.7 Å². The maximum absolute atomic E-state index is 10.6. The van der Waals surface area contributed by atoms with E-state index in [1.807, 2.05) is 54.6 Å². The molecule has 1 aliphatic heterocycles. The molecule has 1 aromatic heterocycles. The molecule has 0 amide bonds. The Balaban J connectivity index is 1.55. The molecule has 0 saturated carbocycles. The number of para-hydroxylation sites is 1. The van der Waals surface area contributed by atoms with Crippen LogP contribution in [0.15, 0.2) is 67.0 Å². The summed E-state index contributed by atoms with van der Waals surface area (Å²) in [7, 11) is 0. The second-order valence-corrected chi connectivity index (χ2v) is 6.04. The first-order chi connectivity index (χ1) is 12.3. The number of rotatable bonds is 3. The molecule has 126 valence electrons. The van der Waals surface area contributed by atoms with E-state index < -0.39 is 6.10 Å². The number of anilines is 1. The van der Waals surface area contributed by atoms with Crippen molar-refractivity contribution in [3.8, 4) is 11.6 Å². The van der Waals surface area contributed by atoms with Crippen LogP contribution in [-0.4, -0.2) is 28.2 Å². The summed E-state index contributed by atoms with van der Waals surface area (Å²) in [6.07, 6.45) is 1.83. The van der Waals surface area contributed by atoms with E-state index >= 15 is 0 Å². The van der Waals surface area contributed by atoms with Gasteiger partial charge in [-0.2, -0.15) is 0 Å². The molecular weight excluding hydrogens is 314 g/mol. The molecule has 4 rings (SSSR count). The first-order valence-corrected chi connectivity index (χ1v) is 8.35. The Morgan fingerprint density at radius 2 is 1.80 bits per heavy atom. The van der Waals surface area contributed by atoms with Crippen molar-refractivity contribution in [1.82, 2.24) is 9.97 Å². The molecule has 0 radical (unpaired) electrons. The van der Waals surface area contributed by atoms with Crippen LogP contribution >= 0.6 is 0 Å². The highest BCUT2D eigenvalue weighted by molar-refractivity contribution is 5.44. The fraction of sp³-hybridized carbons (Fsp3) is 0.200. The van der Waals surface area contributed by atoms with Crippen LogP contribution < -0.4 is 9.64 Å². The predicted molar refractivity (Wildman–Crippen MR) is 95.9 cm³/mol. The fourth-order valence-corrected chi connectivity index (χ4v) is 3.12. The monoisotopic (exact) mass is 333 g/mol. The summed E-state index contributed by atoms with van der Waals surface area (Å²) in [6, 6.07) is 19.4. The van der Waals surface area contributed by atoms with Crippen molar-refractivity contribution in [2.24, 2.45) is 0 Å². The van der Waals surface area contributed by atoms with Crippen LogP contribution in [0.3, 0.4) is 0 Å². The third-order valence-electron chi connectivity index (χ3n) is 4.38. The molecule has 0 saturated heterocycles. The lowest BCUT2D eigenvalue weighted by Crippen LogP contribution is -2.29. The number of benzene rings is 2. The van der Waals surface area contributed by atoms with E-state index in [1.165, 1.54) is 11.9 Å². The highest BCUT2D eigenvalue weighted by atomic mass is 16.5. The van der Waals surface area contributed by atoms with Crippen LogP contribution in [0, 0.1) is 0 Å². The number of ether oxygens (including phenoxy) is 1. The molecule has 0 spiro atoms. The summed E-state index contributed by atoms with van der Waals surface area (Å²) in [5, 5.41) is 10.6. The quantitative estimate of drug-likeness (QED) is 0.796. The van der Waals surface area contributed by atoms with Crippen molar-refractivity contribution >= 4 is 5.82 Å². The topological polar surface area (TPSA) is 58.5 Å². The average Bonchev–Trinajstić information content (AvgIpc) is 2.82. The third-order valence-corrected chi connectivity index (χ3v) is 4.38. The molecule has 5 nitrogen and oxygen atoms in total. The average molecular weight is 333 g/mol. The number of fused-ring (bicyclic) bond motifs is 1. The Morgan fingerprint density at radius 1 is 1.00 bits per heavy atom. The molecule has 3 aromatic rings. The Bertz CT molecular complexity index is 854. The van der Waals surface area contributed by atoms with Crippen molar-refractivity contribution in [1.29, 1.82) is 0 Å². The summed E-state index contributed by atoms with van der Waals surface area (Å²) in [5.74, 6) is 1.98. The molecule has 0 bridgehead atoms. The van der Waals surface area contributed by atoms with Gasteiger partial charge < -0.3 is 14.7 Å². The van der Waals surface area contributed by atoms with Crippen LogP contribution in [0.4, 0.5) is 5.82 Å². The number of aliphatic hydroxyl groups excluding tert-OH is 1. The van der Waals surface area contributed by atoms with Gasteiger partial charge in [0.1, 0.15) is 17.9 Å². The standard InChI is InChI=1S/C20H19N3O2/c24-18-13-23(11-10-15-6-4-5-9-17(15)18)19-12-20(22-14-21-19)25-16-7-2-1-3-8-16/h1-9,12,14,18,24H,10-11,13H2. The van der Waals surface area contributed by atoms with Gasteiger partial charge >= 0.3 is 0 Å². The number of β-amino-alcohol motifs (C(OH)–C–C–N with tert-alkyl or cyclic N) is 1. The SMILES string of the molecule is OC1CN(c2cc(Oc3ccccc3)ncn2)CCc2ccccc21. The van der Waals surface area contributed by atoms with Gasteiger partial charge in [-0.25, -0.2) is 9.97 Å². The van der Waals surface area contributed by atoms with Crippen LogP contribution in [0.2, 0.25) is 0 Å². The van der Waals surface area contributed by atoms with E-state index in [4.69, 9.17) is 4.74 Å². The first kappa shape index (κ1) is 15.6. The first-order valence-electron chi connectivity index (χ1n) is 8.35. The summed E-state index contributed by atoms with van der Waals surface area (Å²) >= 11 is 0. The largest absolute Gasteiger partial charge is 0.439 e. The Labute approximate surface area is 146 Å². The number of aliphatic hydroxyl groups is 1. The molecule has 2 heterocycles. The van der Waals surface area contributed by atoms with Crippen molar-refractivity contribution in [2.45, 2.75) is 12.5 Å². The lowest BCUT2D eigenvalue weighted by atomic mass is 10.0. The van der Waals surface area contributed by atoms with E-state index in [0.717, 1.165) is 30.1 Å². The van der Waals surface area contributed by atoms with Crippen LogP contribution in [0.1, 0.15) is 17.2 Å². The van der Waals surface area contributed by atoms with E-state index in [2.05, 4.69) is 20.9 Å². The van der Waals surface area contributed by atoms with Crippen LogP contribution in [0.25, 0.3) is 0 Å². The molecule has 0 fully saturated rings. The molecule has 25 heavy (non-hydrogen) atoms. The Morgan fingerprint density at radius 3 is 2.68 bits per heavy atom. The van der Waals surface area contributed by atoms with Gasteiger partial charge in [0, 0.05) is 19.2 Å². The van der Waals surface area contributed by atoms with Crippen LogP contribution in [-0.2, 0) is 6.42 Å². The van der Waals surface area contributed by atoms with Gasteiger partial charge in [-0.3, -0.25) is 0 Å². The smallest absolute Gasteiger partial charge is 0.224 e. The number of hydrogen-bond acceptors (Lipinski definition) is 5. The minimum atomic E-state index is -0.535. The zero-order valence-corrected chi connectivity index (χ0v) is 13.7. The lowest BCUT2D eigenvalue weighted by molar-refractivity contribution is 0.185. The van der Waals surface area contributed by atoms with E-state index in [1.54, 1.807) is 0 Å². The molecule has 1 N–H and O–H groups in total. The van der Waals surface area contributed by atoms with Crippen molar-refractivity contribution < 1.29 is 9.84 Å². The number of aromatic nitrogens is 2. The minimum absolute atomic E-state index is 0.493. The molecular formula is C20H19N3O2. The second-order valence-electron chi connectivity index (χ2n) is 6.04. The molecule has 2 aromatic carbocycles. The summed E-state index contributed by atoms with van der Waals surface area (Å²) in [5.41, 5.74) is 2.19. The van der Waals surface area contributed by atoms with Gasteiger partial charge in [-0.15, -0.1) is 0 Å². The van der Waals surface area contributed by atoms with Crippen molar-refractivity contribution in [2.75, 3.05) is 18.0 Å². The second kappa shape index (κ2) is 6.91. The van der Waals surface area contributed by atoms with E-state index in [0.29, 0.717) is 12.4 Å². The van der Waals surface area contributed by atoms with Crippen molar-refractivity contribution in [3.05, 3.63) is 78.1 Å². The normalized spacial score (nSPS) is 16.8. The van der Waals surface area contributed by atoms with Gasteiger partial charge in [0.15, 0.2) is 0 Å². The highest BCUT2D eigenvalue weighted by Crippen LogP contribution is 2.27. The highest BCUT2D eigenvalue weighted by Gasteiger charge is 2.22. The Kier molecular flexibility index (Phi) is 4.31. The summed E-state index contributed by atoms with van der Waals surface area (Å²) < 4.78 is 5.79. The van der Waals surface area contributed by atoms with E-state index in [9.17, 15) is 5.11 Å². The zero-order valence-electron chi connectivity index (χ0n) is 13.7. The fourth-order valence-electron chi connectivity index (χ4n) is 3.12. The molecule has 1 atom stereocenters. The van der Waals surface area contributed by atoms with Gasteiger partial charge in [0.25, 0.3) is 0 Å². The number of nitrogens with zero attached hydrogens (tertiary/aromatic N) is 3. The Hall–Kier alpha value is -2.92. The zero-order chi connectivity index (χ0) is 17.1. The number of hydrogen-bond donors (Lipinski definition) is 1. The van der Waals surface area contributed by atoms with Crippen molar-refractivity contribution in [3.63, 3.8) is 0 Å².